The van der Waals surface area contributed by atoms with Crippen LogP contribution in [0.2, 0.25) is 0 Å². The highest BCUT2D eigenvalue weighted by molar-refractivity contribution is 5.43. The van der Waals surface area contributed by atoms with Gasteiger partial charge in [-0.15, -0.1) is 0 Å². The first-order valence-electron chi connectivity index (χ1n) is 5.39. The van der Waals surface area contributed by atoms with Crippen molar-refractivity contribution in [3.8, 4) is 5.75 Å². The van der Waals surface area contributed by atoms with Crippen molar-refractivity contribution in [2.24, 2.45) is 5.73 Å². The molecule has 0 spiro atoms. The lowest BCUT2D eigenvalue weighted by Gasteiger charge is -2.20. The van der Waals surface area contributed by atoms with Crippen LogP contribution in [0.4, 0.5) is 0 Å². The summed E-state index contributed by atoms with van der Waals surface area (Å²) < 4.78 is 5.87. The maximum Gasteiger partial charge on any atom is 0.123 e. The molecule has 0 unspecified atom stereocenters. The van der Waals surface area contributed by atoms with Gasteiger partial charge in [-0.25, -0.2) is 0 Å². The van der Waals surface area contributed by atoms with Crippen molar-refractivity contribution in [2.75, 3.05) is 0 Å². The summed E-state index contributed by atoms with van der Waals surface area (Å²) in [7, 11) is 0. The van der Waals surface area contributed by atoms with Crippen LogP contribution >= 0.6 is 0 Å². The number of fused-ring (bicyclic) bond motifs is 1. The molecule has 2 rings (SSSR count). The third-order valence-electron chi connectivity index (χ3n) is 2.81. The smallest absolute Gasteiger partial charge is 0.123 e. The van der Waals surface area contributed by atoms with Gasteiger partial charge in [0.05, 0.1) is 0 Å². The molecule has 15 heavy (non-hydrogen) atoms. The van der Waals surface area contributed by atoms with Gasteiger partial charge in [0.15, 0.2) is 0 Å². The van der Waals surface area contributed by atoms with E-state index in [1.54, 1.807) is 0 Å². The third-order valence-corrected chi connectivity index (χ3v) is 2.81. The average molecular weight is 205 g/mol. The zero-order chi connectivity index (χ0) is 11.3. The number of nitrogens with two attached hydrogens (primary N) is 1. The van der Waals surface area contributed by atoms with Crippen LogP contribution in [0.15, 0.2) is 18.2 Å². The molecule has 2 heteroatoms. The molecule has 0 fully saturated rings. The van der Waals surface area contributed by atoms with E-state index in [1.165, 1.54) is 5.56 Å². The molecule has 82 valence electrons. The number of rotatable bonds is 1. The van der Waals surface area contributed by atoms with Crippen molar-refractivity contribution in [1.29, 1.82) is 0 Å². The van der Waals surface area contributed by atoms with E-state index in [9.17, 15) is 0 Å². The van der Waals surface area contributed by atoms with Crippen LogP contribution in [-0.4, -0.2) is 5.60 Å². The summed E-state index contributed by atoms with van der Waals surface area (Å²) in [4.78, 5) is 0. The monoisotopic (exact) mass is 205 g/mol. The highest BCUT2D eigenvalue weighted by Crippen LogP contribution is 2.36. The van der Waals surface area contributed by atoms with E-state index in [0.29, 0.717) is 0 Å². The van der Waals surface area contributed by atoms with Crippen molar-refractivity contribution in [2.45, 2.75) is 45.3 Å². The fraction of sp³-hybridized carbons (Fsp3) is 0.538. The first kappa shape index (κ1) is 10.5. The quantitative estimate of drug-likeness (QED) is 0.764. The van der Waals surface area contributed by atoms with E-state index in [-0.39, 0.29) is 11.1 Å². The molecule has 2 N–H and O–H groups in total. The van der Waals surface area contributed by atoms with Crippen LogP contribution in [0.25, 0.3) is 0 Å². The van der Waals surface area contributed by atoms with E-state index >= 15 is 0 Å². The molecule has 0 aromatic heterocycles. The van der Waals surface area contributed by atoms with Crippen molar-refractivity contribution in [1.82, 2.24) is 0 Å². The Morgan fingerprint density at radius 1 is 1.33 bits per heavy atom. The second-order valence-electron chi connectivity index (χ2n) is 5.58. The summed E-state index contributed by atoms with van der Waals surface area (Å²) in [5.74, 6) is 0.996. The summed E-state index contributed by atoms with van der Waals surface area (Å²) in [5.41, 5.74) is 8.10. The molecule has 0 atom stereocenters. The minimum absolute atomic E-state index is 0.0697. The molecule has 0 amide bonds. The fourth-order valence-electron chi connectivity index (χ4n) is 1.99. The van der Waals surface area contributed by atoms with Gasteiger partial charge in [0.25, 0.3) is 0 Å². The second-order valence-corrected chi connectivity index (χ2v) is 5.58. The number of hydrogen-bond acceptors (Lipinski definition) is 2. The highest BCUT2D eigenvalue weighted by Gasteiger charge is 2.30. The van der Waals surface area contributed by atoms with Gasteiger partial charge in [-0.3, -0.25) is 0 Å². The first-order chi connectivity index (χ1) is 6.78. The Morgan fingerprint density at radius 2 is 2.00 bits per heavy atom. The molecular weight excluding hydrogens is 186 g/mol. The molecule has 1 aromatic rings. The van der Waals surface area contributed by atoms with Crippen LogP contribution in [-0.2, 0) is 12.0 Å². The van der Waals surface area contributed by atoms with Crippen LogP contribution < -0.4 is 10.5 Å². The third kappa shape index (κ3) is 2.00. The fourth-order valence-corrected chi connectivity index (χ4v) is 1.99. The minimum Gasteiger partial charge on any atom is -0.487 e. The van der Waals surface area contributed by atoms with E-state index in [1.807, 2.05) is 13.8 Å². The Kier molecular flexibility index (Phi) is 2.09. The van der Waals surface area contributed by atoms with Crippen LogP contribution in [0, 0.1) is 0 Å². The Labute approximate surface area is 91.4 Å². The highest BCUT2D eigenvalue weighted by atomic mass is 16.5. The molecule has 1 aromatic carbocycles. The number of hydrogen-bond donors (Lipinski definition) is 1. The van der Waals surface area contributed by atoms with Gasteiger partial charge in [-0.1, -0.05) is 12.1 Å². The maximum atomic E-state index is 6.06. The molecule has 0 saturated carbocycles. The molecule has 1 aliphatic rings. The van der Waals surface area contributed by atoms with Gasteiger partial charge in [0, 0.05) is 12.0 Å². The summed E-state index contributed by atoms with van der Waals surface area (Å²) in [6, 6.07) is 6.31. The number of ether oxygens (including phenoxy) is 1. The summed E-state index contributed by atoms with van der Waals surface area (Å²) in [5, 5.41) is 0. The lowest BCUT2D eigenvalue weighted by atomic mass is 9.93. The van der Waals surface area contributed by atoms with Gasteiger partial charge in [0.2, 0.25) is 0 Å². The van der Waals surface area contributed by atoms with Gasteiger partial charge >= 0.3 is 0 Å². The van der Waals surface area contributed by atoms with Crippen molar-refractivity contribution >= 4 is 0 Å². The van der Waals surface area contributed by atoms with Gasteiger partial charge in [0.1, 0.15) is 11.4 Å². The number of benzene rings is 1. The SMILES string of the molecule is CC1(C)Cc2ccc(C(C)(C)N)cc2O1. The molecular formula is C13H19NO. The maximum absolute atomic E-state index is 6.06. The van der Waals surface area contributed by atoms with Crippen LogP contribution in [0.3, 0.4) is 0 Å². The molecule has 0 saturated heterocycles. The molecule has 0 radical (unpaired) electrons. The van der Waals surface area contributed by atoms with Crippen molar-refractivity contribution in [3.05, 3.63) is 29.3 Å². The average Bonchev–Trinajstić information content (AvgIpc) is 2.34. The van der Waals surface area contributed by atoms with E-state index in [4.69, 9.17) is 10.5 Å². The lowest BCUT2D eigenvalue weighted by molar-refractivity contribution is 0.138. The predicted octanol–water partition coefficient (Wildman–Crippen LogP) is 2.59. The lowest BCUT2D eigenvalue weighted by Crippen LogP contribution is -2.28. The van der Waals surface area contributed by atoms with Gasteiger partial charge in [-0.2, -0.15) is 0 Å². The van der Waals surface area contributed by atoms with Crippen molar-refractivity contribution in [3.63, 3.8) is 0 Å². The normalized spacial score (nSPS) is 18.5. The summed E-state index contributed by atoms with van der Waals surface area (Å²) in [6.07, 6.45) is 0.980. The largest absolute Gasteiger partial charge is 0.487 e. The first-order valence-corrected chi connectivity index (χ1v) is 5.39. The minimum atomic E-state index is -0.300. The Balaban J connectivity index is 2.39. The standard InChI is InChI=1S/C13H19NO/c1-12(2)8-9-5-6-10(13(3,4)14)7-11(9)15-12/h5-7H,8,14H2,1-4H3. The second kappa shape index (κ2) is 2.99. The Morgan fingerprint density at radius 3 is 2.60 bits per heavy atom. The van der Waals surface area contributed by atoms with E-state index in [2.05, 4.69) is 32.0 Å². The van der Waals surface area contributed by atoms with E-state index in [0.717, 1.165) is 17.7 Å². The molecule has 1 heterocycles. The van der Waals surface area contributed by atoms with Crippen LogP contribution in [0.5, 0.6) is 5.75 Å². The van der Waals surface area contributed by atoms with Gasteiger partial charge < -0.3 is 10.5 Å². The zero-order valence-corrected chi connectivity index (χ0v) is 9.92. The molecule has 0 bridgehead atoms. The Hall–Kier alpha value is -1.02. The zero-order valence-electron chi connectivity index (χ0n) is 9.92. The molecule has 1 aliphatic heterocycles. The van der Waals surface area contributed by atoms with Crippen molar-refractivity contribution < 1.29 is 4.74 Å². The van der Waals surface area contributed by atoms with Crippen LogP contribution in [0.1, 0.15) is 38.8 Å². The molecule has 2 nitrogen and oxygen atoms in total. The van der Waals surface area contributed by atoms with Gasteiger partial charge in [-0.05, 0) is 44.9 Å². The Bertz CT molecular complexity index is 388. The predicted molar refractivity (Wildman–Crippen MR) is 62.1 cm³/mol. The molecule has 0 aliphatic carbocycles. The summed E-state index contributed by atoms with van der Waals surface area (Å²) in [6.45, 7) is 8.24. The van der Waals surface area contributed by atoms with E-state index < -0.39 is 0 Å². The summed E-state index contributed by atoms with van der Waals surface area (Å²) >= 11 is 0. The topological polar surface area (TPSA) is 35.2 Å².